The molecule has 1 aromatic carbocycles. The maximum Gasteiger partial charge on any atom is 0.251 e. The van der Waals surface area contributed by atoms with Crippen LogP contribution >= 0.6 is 15.9 Å². The molecule has 1 rings (SSSR count). The van der Waals surface area contributed by atoms with Gasteiger partial charge in [-0.25, -0.2) is 0 Å². The average Bonchev–Trinajstić information content (AvgIpc) is 2.53. The monoisotopic (exact) mass is 369 g/mol. The smallest absolute Gasteiger partial charge is 0.251 e. The first-order valence-corrected chi connectivity index (χ1v) is 8.30. The second-order valence-electron chi connectivity index (χ2n) is 5.25. The molecule has 4 N–H and O–H groups in total. The molecule has 0 aromatic heterocycles. The van der Waals surface area contributed by atoms with Crippen molar-refractivity contribution in [1.29, 1.82) is 0 Å². The van der Waals surface area contributed by atoms with Crippen molar-refractivity contribution >= 4 is 27.7 Å². The highest BCUT2D eigenvalue weighted by Gasteiger charge is 2.25. The predicted octanol–water partition coefficient (Wildman–Crippen LogP) is 2.20. The Kier molecular flexibility index (Phi) is 7.55. The van der Waals surface area contributed by atoms with E-state index >= 15 is 0 Å². The Morgan fingerprint density at radius 2 is 1.77 bits per heavy atom. The number of hydrogen-bond acceptors (Lipinski definition) is 3. The number of carbonyl (C=O) groups is 2. The Hall–Kier alpha value is -1.40. The van der Waals surface area contributed by atoms with E-state index in [-0.39, 0.29) is 23.8 Å². The largest absolute Gasteiger partial charge is 0.352 e. The molecule has 0 spiro atoms. The Bertz CT molecular complexity index is 490. The molecule has 0 unspecified atom stereocenters. The van der Waals surface area contributed by atoms with Gasteiger partial charge in [0.2, 0.25) is 5.91 Å². The minimum absolute atomic E-state index is 0.0924. The molecule has 0 aliphatic heterocycles. The molecule has 0 heterocycles. The average molecular weight is 370 g/mol. The lowest BCUT2D eigenvalue weighted by atomic mass is 9.93. The molecule has 0 radical (unpaired) electrons. The summed E-state index contributed by atoms with van der Waals surface area (Å²) < 4.78 is 0.917. The maximum absolute atomic E-state index is 12.0. The van der Waals surface area contributed by atoms with Crippen LogP contribution in [0.2, 0.25) is 0 Å². The van der Waals surface area contributed by atoms with Gasteiger partial charge in [0.15, 0.2) is 0 Å². The van der Waals surface area contributed by atoms with Crippen molar-refractivity contribution < 1.29 is 9.59 Å². The molecular formula is C16H24BrN3O2. The lowest BCUT2D eigenvalue weighted by Gasteiger charge is -2.31. The van der Waals surface area contributed by atoms with Crippen LogP contribution in [0.3, 0.4) is 0 Å². The summed E-state index contributed by atoms with van der Waals surface area (Å²) in [5.41, 5.74) is 5.98. The number of rotatable bonds is 8. The summed E-state index contributed by atoms with van der Waals surface area (Å²) >= 11 is 3.32. The van der Waals surface area contributed by atoms with Crippen LogP contribution in [0.15, 0.2) is 28.7 Å². The fourth-order valence-electron chi connectivity index (χ4n) is 2.12. The molecule has 0 fully saturated rings. The summed E-state index contributed by atoms with van der Waals surface area (Å²) in [4.78, 5) is 23.9. The topological polar surface area (TPSA) is 84.2 Å². The number of nitrogens with one attached hydrogen (secondary N) is 2. The van der Waals surface area contributed by atoms with Crippen LogP contribution < -0.4 is 16.4 Å². The van der Waals surface area contributed by atoms with Gasteiger partial charge in [0.05, 0.1) is 5.54 Å². The van der Waals surface area contributed by atoms with Crippen molar-refractivity contribution in [2.45, 2.75) is 38.6 Å². The molecule has 22 heavy (non-hydrogen) atoms. The zero-order valence-corrected chi connectivity index (χ0v) is 14.7. The zero-order chi connectivity index (χ0) is 16.6. The normalized spacial score (nSPS) is 11.1. The summed E-state index contributed by atoms with van der Waals surface area (Å²) in [7, 11) is 0. The number of benzene rings is 1. The Morgan fingerprint density at radius 1 is 1.18 bits per heavy atom. The van der Waals surface area contributed by atoms with Gasteiger partial charge < -0.3 is 16.4 Å². The lowest BCUT2D eigenvalue weighted by molar-refractivity contribution is -0.122. The highest BCUT2D eigenvalue weighted by molar-refractivity contribution is 9.10. The van der Waals surface area contributed by atoms with E-state index in [1.54, 1.807) is 24.3 Å². The summed E-state index contributed by atoms with van der Waals surface area (Å²) in [6.45, 7) is 4.73. The highest BCUT2D eigenvalue weighted by Crippen LogP contribution is 2.13. The van der Waals surface area contributed by atoms with Crippen molar-refractivity contribution in [3.63, 3.8) is 0 Å². The van der Waals surface area contributed by atoms with E-state index in [2.05, 4.69) is 26.6 Å². The standard InChI is InChI=1S/C16H24BrN3O2/c1-3-16(4-2,11-18)20-14(21)9-10-19-15(22)12-5-7-13(17)8-6-12/h5-8H,3-4,9-11,18H2,1-2H3,(H,19,22)(H,20,21). The van der Waals surface area contributed by atoms with E-state index in [0.29, 0.717) is 18.7 Å². The minimum Gasteiger partial charge on any atom is -0.352 e. The molecule has 122 valence electrons. The fraction of sp³-hybridized carbons (Fsp3) is 0.500. The van der Waals surface area contributed by atoms with Crippen molar-refractivity contribution in [3.8, 4) is 0 Å². The third-order valence-electron chi connectivity index (χ3n) is 3.89. The molecule has 0 aliphatic carbocycles. The molecular weight excluding hydrogens is 346 g/mol. The van der Waals surface area contributed by atoms with Gasteiger partial charge in [0.25, 0.3) is 5.91 Å². The van der Waals surface area contributed by atoms with Crippen LogP contribution in [-0.2, 0) is 4.79 Å². The number of hydrogen-bond donors (Lipinski definition) is 3. The van der Waals surface area contributed by atoms with Gasteiger partial charge in [0.1, 0.15) is 0 Å². The van der Waals surface area contributed by atoms with E-state index in [9.17, 15) is 9.59 Å². The predicted molar refractivity (Wildman–Crippen MR) is 91.6 cm³/mol. The Balaban J connectivity index is 2.42. The number of halogens is 1. The first kappa shape index (κ1) is 18.6. The van der Waals surface area contributed by atoms with Crippen LogP contribution in [-0.4, -0.2) is 30.4 Å². The third-order valence-corrected chi connectivity index (χ3v) is 4.42. The van der Waals surface area contributed by atoms with Crippen molar-refractivity contribution in [1.82, 2.24) is 10.6 Å². The number of nitrogens with two attached hydrogens (primary N) is 1. The van der Waals surface area contributed by atoms with E-state index in [1.165, 1.54) is 0 Å². The van der Waals surface area contributed by atoms with E-state index < -0.39 is 0 Å². The highest BCUT2D eigenvalue weighted by atomic mass is 79.9. The van der Waals surface area contributed by atoms with Gasteiger partial charge in [-0.05, 0) is 37.1 Å². The summed E-state index contributed by atoms with van der Waals surface area (Å²) in [6, 6.07) is 7.07. The van der Waals surface area contributed by atoms with Crippen LogP contribution in [0.1, 0.15) is 43.5 Å². The van der Waals surface area contributed by atoms with Gasteiger partial charge >= 0.3 is 0 Å². The summed E-state index contributed by atoms with van der Waals surface area (Å²) in [5.74, 6) is -0.276. The van der Waals surface area contributed by atoms with E-state index in [0.717, 1.165) is 17.3 Å². The van der Waals surface area contributed by atoms with Crippen molar-refractivity contribution in [2.24, 2.45) is 5.73 Å². The van der Waals surface area contributed by atoms with Gasteiger partial charge in [-0.15, -0.1) is 0 Å². The zero-order valence-electron chi connectivity index (χ0n) is 13.1. The second-order valence-corrected chi connectivity index (χ2v) is 6.17. The van der Waals surface area contributed by atoms with Gasteiger partial charge in [0, 0.05) is 29.5 Å². The summed E-state index contributed by atoms with van der Waals surface area (Å²) in [6.07, 6.45) is 1.82. The maximum atomic E-state index is 12.0. The van der Waals surface area contributed by atoms with Crippen LogP contribution in [0.5, 0.6) is 0 Å². The molecule has 0 bridgehead atoms. The molecule has 0 saturated carbocycles. The van der Waals surface area contributed by atoms with Crippen molar-refractivity contribution in [3.05, 3.63) is 34.3 Å². The van der Waals surface area contributed by atoms with Crippen molar-refractivity contribution in [2.75, 3.05) is 13.1 Å². The van der Waals surface area contributed by atoms with Gasteiger partial charge in [-0.3, -0.25) is 9.59 Å². The number of amides is 2. The summed E-state index contributed by atoms with van der Waals surface area (Å²) in [5, 5.41) is 5.72. The van der Waals surface area contributed by atoms with E-state index in [4.69, 9.17) is 5.73 Å². The lowest BCUT2D eigenvalue weighted by Crippen LogP contribution is -2.53. The molecule has 0 atom stereocenters. The van der Waals surface area contributed by atoms with Crippen LogP contribution in [0.4, 0.5) is 0 Å². The second kappa shape index (κ2) is 8.90. The van der Waals surface area contributed by atoms with Gasteiger partial charge in [-0.2, -0.15) is 0 Å². The number of carbonyl (C=O) groups excluding carboxylic acids is 2. The molecule has 5 nitrogen and oxygen atoms in total. The Labute approximate surface area is 140 Å². The third kappa shape index (κ3) is 5.42. The van der Waals surface area contributed by atoms with Crippen LogP contribution in [0.25, 0.3) is 0 Å². The first-order chi connectivity index (χ1) is 10.5. The van der Waals surface area contributed by atoms with Crippen LogP contribution in [0, 0.1) is 0 Å². The molecule has 2 amide bonds. The van der Waals surface area contributed by atoms with Gasteiger partial charge in [-0.1, -0.05) is 29.8 Å². The SMILES string of the molecule is CCC(CC)(CN)NC(=O)CCNC(=O)c1ccc(Br)cc1. The Morgan fingerprint density at radius 3 is 2.27 bits per heavy atom. The molecule has 1 aromatic rings. The molecule has 0 aliphatic rings. The fourth-order valence-corrected chi connectivity index (χ4v) is 2.38. The minimum atomic E-state index is -0.340. The van der Waals surface area contributed by atoms with E-state index in [1.807, 2.05) is 13.8 Å². The quantitative estimate of drug-likeness (QED) is 0.656. The molecule has 6 heteroatoms. The molecule has 0 saturated heterocycles. The first-order valence-electron chi connectivity index (χ1n) is 7.51.